The van der Waals surface area contributed by atoms with Gasteiger partial charge < -0.3 is 14.8 Å². The average Bonchev–Trinajstić information content (AvgIpc) is 2.61. The minimum absolute atomic E-state index is 0.0537. The van der Waals surface area contributed by atoms with E-state index in [1.54, 1.807) is 0 Å². The highest BCUT2D eigenvalue weighted by Crippen LogP contribution is 2.33. The Morgan fingerprint density at radius 3 is 2.25 bits per heavy atom. The Balaban J connectivity index is 2.93. The maximum atomic E-state index is 12.4. The van der Waals surface area contributed by atoms with E-state index in [2.05, 4.69) is 5.32 Å². The van der Waals surface area contributed by atoms with Crippen molar-refractivity contribution < 1.29 is 22.7 Å². The van der Waals surface area contributed by atoms with E-state index in [1.165, 1.54) is 0 Å². The summed E-state index contributed by atoms with van der Waals surface area (Å²) in [6.45, 7) is 10.8. The minimum atomic E-state index is -3.39. The van der Waals surface area contributed by atoms with Crippen molar-refractivity contribution in [3.05, 3.63) is 23.8 Å². The molecular formula is C21H35NO5S. The molecule has 0 aromatic heterocycles. The van der Waals surface area contributed by atoms with Crippen LogP contribution in [0.1, 0.15) is 65.5 Å². The summed E-state index contributed by atoms with van der Waals surface area (Å²) in [6, 6.07) is 5.25. The Morgan fingerprint density at radius 1 is 1.04 bits per heavy atom. The number of amides is 1. The van der Waals surface area contributed by atoms with Crippen molar-refractivity contribution in [2.24, 2.45) is 5.92 Å². The van der Waals surface area contributed by atoms with Crippen molar-refractivity contribution in [2.75, 3.05) is 24.7 Å². The molecule has 0 aliphatic carbocycles. The third-order valence-electron chi connectivity index (χ3n) is 4.32. The van der Waals surface area contributed by atoms with Gasteiger partial charge in [0.25, 0.3) is 0 Å². The summed E-state index contributed by atoms with van der Waals surface area (Å²) in [5, 5.41) is 2.89. The molecule has 28 heavy (non-hydrogen) atoms. The second-order valence-corrected chi connectivity index (χ2v) is 9.34. The molecule has 1 aromatic rings. The van der Waals surface area contributed by atoms with Crippen LogP contribution in [-0.4, -0.2) is 39.0 Å². The molecule has 160 valence electrons. The Hall–Kier alpha value is -1.76. The number of carbonyl (C=O) groups is 1. The molecule has 0 fully saturated rings. The van der Waals surface area contributed by atoms with Crippen LogP contribution in [0.5, 0.6) is 11.5 Å². The molecule has 1 amide bonds. The molecule has 0 heterocycles. The van der Waals surface area contributed by atoms with Crippen molar-refractivity contribution >= 4 is 15.7 Å². The Kier molecular flexibility index (Phi) is 10.4. The molecule has 0 saturated carbocycles. The summed E-state index contributed by atoms with van der Waals surface area (Å²) >= 11 is 0. The van der Waals surface area contributed by atoms with Crippen molar-refractivity contribution in [2.45, 2.75) is 59.9 Å². The lowest BCUT2D eigenvalue weighted by molar-refractivity contribution is -0.119. The van der Waals surface area contributed by atoms with Crippen LogP contribution in [0.25, 0.3) is 0 Å². The summed E-state index contributed by atoms with van der Waals surface area (Å²) in [5.41, 5.74) is 0.860. The number of ether oxygens (including phenoxy) is 2. The van der Waals surface area contributed by atoms with E-state index in [0.29, 0.717) is 31.1 Å². The Bertz CT molecular complexity index is 716. The normalized spacial score (nSPS) is 12.6. The number of nitrogens with one attached hydrogen (secondary N) is 1. The van der Waals surface area contributed by atoms with Crippen LogP contribution in [0.15, 0.2) is 18.2 Å². The van der Waals surface area contributed by atoms with Gasteiger partial charge in [-0.2, -0.15) is 0 Å². The molecule has 0 aliphatic rings. The summed E-state index contributed by atoms with van der Waals surface area (Å²) in [4.78, 5) is 12.4. The fourth-order valence-electron chi connectivity index (χ4n) is 2.96. The molecule has 1 aromatic carbocycles. The summed E-state index contributed by atoms with van der Waals surface area (Å²) in [5.74, 6) is 0.462. The highest BCUT2D eigenvalue weighted by molar-refractivity contribution is 7.92. The van der Waals surface area contributed by atoms with Gasteiger partial charge >= 0.3 is 0 Å². The molecular weight excluding hydrogens is 378 g/mol. The zero-order valence-corrected chi connectivity index (χ0v) is 18.6. The van der Waals surface area contributed by atoms with Gasteiger partial charge in [0.05, 0.1) is 25.0 Å². The van der Waals surface area contributed by atoms with Gasteiger partial charge in [0.15, 0.2) is 21.3 Å². The van der Waals surface area contributed by atoms with Crippen LogP contribution in [-0.2, 0) is 14.6 Å². The highest BCUT2D eigenvalue weighted by Gasteiger charge is 2.23. The van der Waals surface area contributed by atoms with Gasteiger partial charge in [-0.25, -0.2) is 8.42 Å². The van der Waals surface area contributed by atoms with Gasteiger partial charge in [0, 0.05) is 0 Å². The number of hydrogen-bond acceptors (Lipinski definition) is 5. The smallest absolute Gasteiger partial charge is 0.235 e. The second kappa shape index (κ2) is 11.9. The minimum Gasteiger partial charge on any atom is -0.490 e. The number of carbonyl (C=O) groups excluding carboxylic acids is 1. The van der Waals surface area contributed by atoms with E-state index >= 15 is 0 Å². The molecule has 0 radical (unpaired) electrons. The fraction of sp³-hybridized carbons (Fsp3) is 0.667. The molecule has 0 spiro atoms. The number of sulfone groups is 1. The second-order valence-electron chi connectivity index (χ2n) is 7.16. The van der Waals surface area contributed by atoms with Crippen LogP contribution in [0.4, 0.5) is 0 Å². The van der Waals surface area contributed by atoms with E-state index in [9.17, 15) is 13.2 Å². The highest BCUT2D eigenvalue weighted by atomic mass is 32.2. The number of unbranched alkanes of at least 4 members (excludes halogenated alkanes) is 2. The first kappa shape index (κ1) is 24.3. The maximum absolute atomic E-state index is 12.4. The van der Waals surface area contributed by atoms with Crippen molar-refractivity contribution in [1.82, 2.24) is 5.32 Å². The van der Waals surface area contributed by atoms with E-state index in [-0.39, 0.29) is 17.7 Å². The van der Waals surface area contributed by atoms with Gasteiger partial charge in [-0.3, -0.25) is 4.79 Å². The van der Waals surface area contributed by atoms with Crippen LogP contribution in [0.2, 0.25) is 0 Å². The Morgan fingerprint density at radius 2 is 1.68 bits per heavy atom. The zero-order valence-electron chi connectivity index (χ0n) is 17.8. The molecule has 1 unspecified atom stereocenters. The standard InChI is InChI=1S/C21H35NO5S/c1-6-9-10-13-28(24,25)15-20(23)22-21(16(4)5)17-11-12-18(26-7-2)19(14-17)27-8-3/h11-12,14,16,21H,6-10,13,15H2,1-5H3,(H,22,23). The summed E-state index contributed by atoms with van der Waals surface area (Å²) < 4.78 is 35.6. The summed E-state index contributed by atoms with van der Waals surface area (Å²) in [6.07, 6.45) is 2.38. The number of rotatable bonds is 13. The monoisotopic (exact) mass is 413 g/mol. The molecule has 0 bridgehead atoms. The van der Waals surface area contributed by atoms with Crippen LogP contribution in [0.3, 0.4) is 0 Å². The molecule has 6 nitrogen and oxygen atoms in total. The van der Waals surface area contributed by atoms with Gasteiger partial charge in [0.2, 0.25) is 5.91 Å². The van der Waals surface area contributed by atoms with E-state index < -0.39 is 21.5 Å². The lowest BCUT2D eigenvalue weighted by Gasteiger charge is -2.24. The predicted octanol–water partition coefficient (Wildman–Crippen LogP) is 3.90. The van der Waals surface area contributed by atoms with E-state index in [0.717, 1.165) is 18.4 Å². The molecule has 7 heteroatoms. The first-order valence-corrected chi connectivity index (χ1v) is 12.0. The molecule has 1 rings (SSSR count). The van der Waals surface area contributed by atoms with Gasteiger partial charge in [-0.05, 0) is 43.9 Å². The van der Waals surface area contributed by atoms with Crippen LogP contribution in [0, 0.1) is 5.92 Å². The molecule has 1 N–H and O–H groups in total. The first-order valence-electron chi connectivity index (χ1n) is 10.1. The van der Waals surface area contributed by atoms with Gasteiger partial charge in [-0.1, -0.05) is 39.7 Å². The lowest BCUT2D eigenvalue weighted by Crippen LogP contribution is -2.36. The summed E-state index contributed by atoms with van der Waals surface area (Å²) in [7, 11) is -3.39. The Labute approximate surface area is 169 Å². The van der Waals surface area contributed by atoms with Gasteiger partial charge in [-0.15, -0.1) is 0 Å². The SMILES string of the molecule is CCCCCS(=O)(=O)CC(=O)NC(c1ccc(OCC)c(OCC)c1)C(C)C. The van der Waals surface area contributed by atoms with Crippen molar-refractivity contribution in [3.63, 3.8) is 0 Å². The van der Waals surface area contributed by atoms with Crippen molar-refractivity contribution in [1.29, 1.82) is 0 Å². The van der Waals surface area contributed by atoms with E-state index in [4.69, 9.17) is 9.47 Å². The third-order valence-corrected chi connectivity index (χ3v) is 5.93. The lowest BCUT2D eigenvalue weighted by atomic mass is 9.95. The van der Waals surface area contributed by atoms with Crippen LogP contribution >= 0.6 is 0 Å². The van der Waals surface area contributed by atoms with E-state index in [1.807, 2.05) is 52.8 Å². The molecule has 1 atom stereocenters. The third kappa shape index (κ3) is 8.09. The predicted molar refractivity (Wildman–Crippen MR) is 113 cm³/mol. The molecule has 0 aliphatic heterocycles. The topological polar surface area (TPSA) is 81.7 Å². The largest absolute Gasteiger partial charge is 0.490 e. The molecule has 0 saturated heterocycles. The quantitative estimate of drug-likeness (QED) is 0.496. The maximum Gasteiger partial charge on any atom is 0.235 e. The van der Waals surface area contributed by atoms with Gasteiger partial charge in [0.1, 0.15) is 5.75 Å². The fourth-order valence-corrected chi connectivity index (χ4v) is 4.23. The average molecular weight is 414 g/mol. The number of benzene rings is 1. The number of hydrogen-bond donors (Lipinski definition) is 1. The first-order chi connectivity index (χ1) is 13.2. The van der Waals surface area contributed by atoms with Crippen molar-refractivity contribution in [3.8, 4) is 11.5 Å². The zero-order chi connectivity index (χ0) is 21.2. The van der Waals surface area contributed by atoms with Crippen LogP contribution < -0.4 is 14.8 Å².